The lowest BCUT2D eigenvalue weighted by Crippen LogP contribution is -2.49. The summed E-state index contributed by atoms with van der Waals surface area (Å²) in [6.07, 6.45) is 1.35. The number of hydrogen-bond acceptors (Lipinski definition) is 8. The van der Waals surface area contributed by atoms with Crippen molar-refractivity contribution in [3.8, 4) is 11.6 Å². The second kappa shape index (κ2) is 9.11. The van der Waals surface area contributed by atoms with Gasteiger partial charge in [0, 0.05) is 51.1 Å². The first-order chi connectivity index (χ1) is 16.1. The van der Waals surface area contributed by atoms with Gasteiger partial charge in [0.25, 0.3) is 0 Å². The highest BCUT2D eigenvalue weighted by molar-refractivity contribution is 5.90. The molecule has 1 atom stereocenters. The summed E-state index contributed by atoms with van der Waals surface area (Å²) >= 11 is 0. The Morgan fingerprint density at radius 3 is 2.70 bits per heavy atom. The highest BCUT2D eigenvalue weighted by Gasteiger charge is 2.34. The zero-order valence-electron chi connectivity index (χ0n) is 18.8. The third kappa shape index (κ3) is 4.36. The minimum atomic E-state index is -0.310. The number of pyridine rings is 2. The van der Waals surface area contributed by atoms with Crippen molar-refractivity contribution in [3.63, 3.8) is 0 Å². The number of piperazine rings is 1. The fourth-order valence-corrected chi connectivity index (χ4v) is 4.43. The first-order valence-electron chi connectivity index (χ1n) is 11.0. The molecule has 2 aliphatic heterocycles. The van der Waals surface area contributed by atoms with Crippen LogP contribution in [0.15, 0.2) is 48.7 Å². The van der Waals surface area contributed by atoms with Crippen LogP contribution in [0.1, 0.15) is 0 Å². The lowest BCUT2D eigenvalue weighted by Gasteiger charge is -2.36. The predicted octanol–water partition coefficient (Wildman–Crippen LogP) is 2.79. The van der Waals surface area contributed by atoms with Crippen LogP contribution >= 0.6 is 0 Å². The molecule has 0 spiro atoms. The SMILES string of the molecule is COc1cccc(N2CC(CN3CCN(c4ccnc5ccc(OC)nc45)CC3)OC2=O)c1. The number of carbonyl (C=O) groups excluding carboxylic acids is 1. The zero-order chi connectivity index (χ0) is 22.8. The van der Waals surface area contributed by atoms with E-state index >= 15 is 0 Å². The van der Waals surface area contributed by atoms with Crippen LogP contribution in [0.4, 0.5) is 16.2 Å². The van der Waals surface area contributed by atoms with E-state index in [0.29, 0.717) is 19.0 Å². The summed E-state index contributed by atoms with van der Waals surface area (Å²) in [4.78, 5) is 27.8. The molecule has 3 aromatic rings. The summed E-state index contributed by atoms with van der Waals surface area (Å²) in [5.41, 5.74) is 3.56. The summed E-state index contributed by atoms with van der Waals surface area (Å²) < 4.78 is 16.2. The molecule has 1 unspecified atom stereocenters. The van der Waals surface area contributed by atoms with Gasteiger partial charge in [-0.05, 0) is 24.3 Å². The normalized spacial score (nSPS) is 19.1. The average molecular weight is 450 g/mol. The molecule has 0 aliphatic carbocycles. The van der Waals surface area contributed by atoms with Crippen molar-refractivity contribution in [2.24, 2.45) is 0 Å². The molecule has 4 heterocycles. The molecule has 9 heteroatoms. The Morgan fingerprint density at radius 2 is 1.91 bits per heavy atom. The third-order valence-corrected chi connectivity index (χ3v) is 6.16. The van der Waals surface area contributed by atoms with E-state index < -0.39 is 0 Å². The molecule has 1 aromatic carbocycles. The van der Waals surface area contributed by atoms with Gasteiger partial charge in [-0.3, -0.25) is 14.8 Å². The van der Waals surface area contributed by atoms with E-state index in [9.17, 15) is 4.79 Å². The fraction of sp³-hybridized carbons (Fsp3) is 0.375. The Labute approximate surface area is 192 Å². The number of cyclic esters (lactones) is 1. The van der Waals surface area contributed by atoms with E-state index in [0.717, 1.165) is 54.3 Å². The minimum Gasteiger partial charge on any atom is -0.497 e. The van der Waals surface area contributed by atoms with E-state index in [1.807, 2.05) is 48.7 Å². The molecule has 0 radical (unpaired) electrons. The quantitative estimate of drug-likeness (QED) is 0.568. The van der Waals surface area contributed by atoms with Crippen LogP contribution in [-0.4, -0.2) is 80.6 Å². The number of methoxy groups -OCH3 is 2. The molecule has 2 fully saturated rings. The first kappa shape index (κ1) is 21.3. The molecule has 172 valence electrons. The molecular formula is C24H27N5O4. The second-order valence-electron chi connectivity index (χ2n) is 8.16. The fourth-order valence-electron chi connectivity index (χ4n) is 4.43. The average Bonchev–Trinajstić information content (AvgIpc) is 3.23. The topological polar surface area (TPSA) is 80.3 Å². The van der Waals surface area contributed by atoms with Crippen molar-refractivity contribution in [2.75, 3.05) is 63.3 Å². The molecule has 0 N–H and O–H groups in total. The van der Waals surface area contributed by atoms with Crippen molar-refractivity contribution in [2.45, 2.75) is 6.10 Å². The number of aromatic nitrogens is 2. The van der Waals surface area contributed by atoms with Gasteiger partial charge < -0.3 is 19.1 Å². The number of ether oxygens (including phenoxy) is 3. The van der Waals surface area contributed by atoms with Crippen LogP contribution in [0.2, 0.25) is 0 Å². The first-order valence-corrected chi connectivity index (χ1v) is 11.0. The minimum absolute atomic E-state index is 0.164. The lowest BCUT2D eigenvalue weighted by molar-refractivity contribution is 0.106. The van der Waals surface area contributed by atoms with Gasteiger partial charge in [-0.2, -0.15) is 0 Å². The van der Waals surface area contributed by atoms with Gasteiger partial charge in [-0.15, -0.1) is 0 Å². The second-order valence-corrected chi connectivity index (χ2v) is 8.16. The van der Waals surface area contributed by atoms with Crippen LogP contribution in [0.25, 0.3) is 11.0 Å². The number of nitrogens with zero attached hydrogens (tertiary/aromatic N) is 5. The molecule has 33 heavy (non-hydrogen) atoms. The highest BCUT2D eigenvalue weighted by atomic mass is 16.6. The number of fused-ring (bicyclic) bond motifs is 1. The molecular weight excluding hydrogens is 422 g/mol. The van der Waals surface area contributed by atoms with Crippen LogP contribution in [0.3, 0.4) is 0 Å². The Hall–Kier alpha value is -3.59. The molecule has 2 saturated heterocycles. The Bertz CT molecular complexity index is 1150. The summed E-state index contributed by atoms with van der Waals surface area (Å²) in [6, 6.07) is 13.3. The maximum atomic E-state index is 12.5. The zero-order valence-corrected chi connectivity index (χ0v) is 18.8. The predicted molar refractivity (Wildman–Crippen MR) is 125 cm³/mol. The number of rotatable bonds is 6. The highest BCUT2D eigenvalue weighted by Crippen LogP contribution is 2.28. The number of benzene rings is 1. The number of carbonyl (C=O) groups is 1. The molecule has 2 aliphatic rings. The number of hydrogen-bond donors (Lipinski definition) is 0. The molecule has 9 nitrogen and oxygen atoms in total. The van der Waals surface area contributed by atoms with E-state index in [-0.39, 0.29) is 12.2 Å². The van der Waals surface area contributed by atoms with Gasteiger partial charge in [0.1, 0.15) is 17.4 Å². The summed E-state index contributed by atoms with van der Waals surface area (Å²) in [5, 5.41) is 0. The maximum Gasteiger partial charge on any atom is 0.414 e. The van der Waals surface area contributed by atoms with Gasteiger partial charge in [-0.1, -0.05) is 6.07 Å². The van der Waals surface area contributed by atoms with E-state index in [4.69, 9.17) is 14.2 Å². The number of anilines is 2. The van der Waals surface area contributed by atoms with Crippen molar-refractivity contribution in [3.05, 3.63) is 48.7 Å². The Balaban J connectivity index is 1.21. The molecule has 5 rings (SSSR count). The van der Waals surface area contributed by atoms with E-state index in [1.165, 1.54) is 0 Å². The number of amides is 1. The standard InChI is InChI=1S/C24H27N5O4/c1-31-18-5-3-4-17(14-18)29-16-19(33-24(29)30)15-27-10-12-28(13-11-27)21-8-9-25-20-6-7-22(32-2)26-23(20)21/h3-9,14,19H,10-13,15-16H2,1-2H3. The monoisotopic (exact) mass is 449 g/mol. The van der Waals surface area contributed by atoms with Gasteiger partial charge in [0.05, 0.1) is 37.7 Å². The Kier molecular flexibility index (Phi) is 5.87. The smallest absolute Gasteiger partial charge is 0.414 e. The van der Waals surface area contributed by atoms with Gasteiger partial charge in [0.2, 0.25) is 5.88 Å². The molecule has 1 amide bonds. The van der Waals surface area contributed by atoms with E-state index in [2.05, 4.69) is 19.8 Å². The van der Waals surface area contributed by atoms with Crippen LogP contribution in [0.5, 0.6) is 11.6 Å². The van der Waals surface area contributed by atoms with Gasteiger partial charge in [-0.25, -0.2) is 9.78 Å². The summed E-state index contributed by atoms with van der Waals surface area (Å²) in [6.45, 7) is 4.71. The Morgan fingerprint density at radius 1 is 1.06 bits per heavy atom. The van der Waals surface area contributed by atoms with E-state index in [1.54, 1.807) is 19.1 Å². The third-order valence-electron chi connectivity index (χ3n) is 6.16. The van der Waals surface area contributed by atoms with Crippen molar-refractivity contribution in [1.29, 1.82) is 0 Å². The summed E-state index contributed by atoms with van der Waals surface area (Å²) in [5.74, 6) is 1.30. The maximum absolute atomic E-state index is 12.5. The molecule has 0 saturated carbocycles. The largest absolute Gasteiger partial charge is 0.497 e. The van der Waals surface area contributed by atoms with Crippen molar-refractivity contribution in [1.82, 2.24) is 14.9 Å². The van der Waals surface area contributed by atoms with Crippen LogP contribution in [0, 0.1) is 0 Å². The van der Waals surface area contributed by atoms with Crippen molar-refractivity contribution < 1.29 is 19.0 Å². The van der Waals surface area contributed by atoms with Gasteiger partial charge in [0.15, 0.2) is 0 Å². The van der Waals surface area contributed by atoms with Crippen LogP contribution < -0.4 is 19.3 Å². The summed E-state index contributed by atoms with van der Waals surface area (Å²) in [7, 11) is 3.24. The van der Waals surface area contributed by atoms with Crippen LogP contribution in [-0.2, 0) is 4.74 Å². The van der Waals surface area contributed by atoms with Crippen molar-refractivity contribution >= 4 is 28.5 Å². The molecule has 0 bridgehead atoms. The lowest BCUT2D eigenvalue weighted by atomic mass is 10.2. The van der Waals surface area contributed by atoms with Gasteiger partial charge >= 0.3 is 6.09 Å². The molecule has 2 aromatic heterocycles.